The van der Waals surface area contributed by atoms with Crippen LogP contribution in [0.3, 0.4) is 0 Å². The topological polar surface area (TPSA) is 199 Å². The number of nitrogens with one attached hydrogen (secondary N) is 2. The molecule has 1 aliphatic rings. The van der Waals surface area contributed by atoms with E-state index in [0.29, 0.717) is 11.3 Å². The van der Waals surface area contributed by atoms with Crippen molar-refractivity contribution in [3.63, 3.8) is 0 Å². The number of rotatable bonds is 8. The third-order valence-corrected chi connectivity index (χ3v) is 4.37. The van der Waals surface area contributed by atoms with Gasteiger partial charge in [-0.3, -0.25) is 14.4 Å². The number of carbonyl (C=O) groups is 3. The van der Waals surface area contributed by atoms with Crippen molar-refractivity contribution in [3.8, 4) is 17.2 Å². The number of aromatic hydroxyl groups is 1. The van der Waals surface area contributed by atoms with Gasteiger partial charge in [0.1, 0.15) is 0 Å². The van der Waals surface area contributed by atoms with Crippen molar-refractivity contribution in [2.24, 2.45) is 16.5 Å². The summed E-state index contributed by atoms with van der Waals surface area (Å²) in [4.78, 5) is 39.8. The van der Waals surface area contributed by atoms with Crippen LogP contribution in [0.25, 0.3) is 0 Å². The number of fused-ring (bicyclic) bond motifs is 1. The van der Waals surface area contributed by atoms with E-state index in [2.05, 4.69) is 15.6 Å². The predicted molar refractivity (Wildman–Crippen MR) is 116 cm³/mol. The van der Waals surface area contributed by atoms with E-state index in [1.54, 1.807) is 12.1 Å². The minimum absolute atomic E-state index is 0. The molecule has 33 heavy (non-hydrogen) atoms. The van der Waals surface area contributed by atoms with Crippen molar-refractivity contribution >= 4 is 29.4 Å². The van der Waals surface area contributed by atoms with Crippen molar-refractivity contribution in [2.45, 2.75) is 12.5 Å². The first-order valence-corrected chi connectivity index (χ1v) is 9.34. The second kappa shape index (κ2) is 10.6. The molecule has 0 radical (unpaired) electrons. The van der Waals surface area contributed by atoms with Gasteiger partial charge in [-0.05, 0) is 35.9 Å². The Hall–Kier alpha value is -4.57. The van der Waals surface area contributed by atoms with Crippen LogP contribution in [0.1, 0.15) is 31.2 Å². The maximum absolute atomic E-state index is 12.4. The molecule has 2 aromatic carbocycles. The molecule has 0 saturated carbocycles. The molecule has 1 aliphatic heterocycles. The van der Waals surface area contributed by atoms with E-state index in [1.165, 1.54) is 24.3 Å². The number of aliphatic imine (C=N–C) groups is 1. The Kier molecular flexibility index (Phi) is 7.96. The molecule has 180 valence electrons. The minimum atomic E-state index is -1.17. The third-order valence-electron chi connectivity index (χ3n) is 4.37. The van der Waals surface area contributed by atoms with Gasteiger partial charge in [0.05, 0.1) is 24.7 Å². The maximum atomic E-state index is 12.4. The number of carboxylic acids is 1. The van der Waals surface area contributed by atoms with Gasteiger partial charge in [-0.1, -0.05) is 6.07 Å². The molecule has 1 atom stereocenters. The number of amides is 2. The van der Waals surface area contributed by atoms with Crippen LogP contribution < -0.4 is 31.6 Å². The fraction of sp³-hybridized carbons (Fsp3) is 0.200. The van der Waals surface area contributed by atoms with Crippen LogP contribution in [-0.2, 0) is 9.59 Å². The molecular formula is C20H25N5NeO7. The molecule has 0 aromatic heterocycles. The summed E-state index contributed by atoms with van der Waals surface area (Å²) in [5.74, 6) is -2.39. The smallest absolute Gasteiger partial charge is 0.305 e. The Balaban J connectivity index is 0.00000385. The summed E-state index contributed by atoms with van der Waals surface area (Å²) in [5, 5.41) is 24.2. The molecule has 0 saturated heterocycles. The van der Waals surface area contributed by atoms with E-state index < -0.39 is 36.8 Å². The molecular weight excluding hydrogens is 442 g/mol. The number of ether oxygens (including phenoxy) is 2. The average Bonchev–Trinajstić information content (AvgIpc) is 3.20. The number of nitrogens with two attached hydrogens (primary N) is 2. The van der Waals surface area contributed by atoms with Gasteiger partial charge < -0.3 is 41.8 Å². The van der Waals surface area contributed by atoms with Gasteiger partial charge in [0.2, 0.25) is 18.4 Å². The van der Waals surface area contributed by atoms with Crippen molar-refractivity contribution in [2.75, 3.05) is 13.3 Å². The fourth-order valence-electron chi connectivity index (χ4n) is 3.01. The third kappa shape index (κ3) is 6.45. The molecule has 0 bridgehead atoms. The molecule has 12 nitrogen and oxygen atoms in total. The number of carboxylic acid groups (broad SMARTS) is 1. The number of guanidine groups is 1. The van der Waals surface area contributed by atoms with Gasteiger partial charge in [-0.25, -0.2) is 4.99 Å². The molecule has 3 rings (SSSR count). The molecule has 1 unspecified atom stereocenters. The zero-order valence-corrected chi connectivity index (χ0v) is 17.1. The Morgan fingerprint density at radius 1 is 1.18 bits per heavy atom. The second-order valence-electron chi connectivity index (χ2n) is 6.76. The molecule has 1 heterocycles. The van der Waals surface area contributed by atoms with E-state index in [9.17, 15) is 24.6 Å². The van der Waals surface area contributed by atoms with Crippen LogP contribution in [0.5, 0.6) is 17.2 Å². The molecule has 8 N–H and O–H groups in total. The number of carbonyl (C=O) groups excluding carboxylic acids is 2. The van der Waals surface area contributed by atoms with Crippen molar-refractivity contribution in [1.82, 2.24) is 10.6 Å². The zero-order chi connectivity index (χ0) is 23.3. The molecule has 0 aliphatic carbocycles. The first-order valence-electron chi connectivity index (χ1n) is 9.34. The van der Waals surface area contributed by atoms with Crippen molar-refractivity contribution in [1.29, 1.82) is 0 Å². The van der Waals surface area contributed by atoms with Gasteiger partial charge in [-0.2, -0.15) is 0 Å². The molecule has 2 amide bonds. The summed E-state index contributed by atoms with van der Waals surface area (Å²) >= 11 is 0. The van der Waals surface area contributed by atoms with Crippen molar-refractivity contribution < 1.29 is 43.1 Å². The average molecular weight is 468 g/mol. The molecule has 2 aromatic rings. The standard InChI is InChI=1S/C20H21N5O7.Ne.2H2/c21-20(22)24-12-3-1-2-10(4-12)19(30)23-8-16(27)25-13(7-17(28)29)11-5-14(26)18-15(6-11)31-9-32-18;;;/h1-6,13,26H,7-9H2,(H,23,30)(H,25,27)(H,28,29)(H4,21,22,24);;2*1H. The van der Waals surface area contributed by atoms with Crippen LogP contribution in [0.2, 0.25) is 0 Å². The normalized spacial score (nSPS) is 12.1. The van der Waals surface area contributed by atoms with Crippen LogP contribution >= 0.6 is 0 Å². The number of phenolic OH excluding ortho intramolecular Hbond substituents is 1. The quantitative estimate of drug-likeness (QED) is 0.237. The monoisotopic (exact) mass is 467 g/mol. The van der Waals surface area contributed by atoms with Crippen LogP contribution in [-0.4, -0.2) is 47.3 Å². The number of nitrogens with zero attached hydrogens (tertiary/aromatic N) is 1. The number of benzene rings is 2. The summed E-state index contributed by atoms with van der Waals surface area (Å²) < 4.78 is 10.3. The predicted octanol–water partition coefficient (Wildman–Crippen LogP) is 0.580. The first kappa shape index (κ1) is 24.7. The Bertz CT molecular complexity index is 1100. The summed E-state index contributed by atoms with van der Waals surface area (Å²) in [6.45, 7) is -0.503. The number of aliphatic carboxylic acids is 1. The SMILES string of the molecule is NC(N)=Nc1cccc(C(=O)NCC(=O)NC(CC(=O)O)c2cc(O)c3c(c2)OCO3)c1.[HH].[HH].[Ne]. The van der Waals surface area contributed by atoms with E-state index >= 15 is 0 Å². The summed E-state index contributed by atoms with van der Waals surface area (Å²) in [6.07, 6.45) is -0.459. The number of hydrogen-bond acceptors (Lipinski definition) is 7. The molecule has 13 heteroatoms. The van der Waals surface area contributed by atoms with Gasteiger partial charge in [0, 0.05) is 14.6 Å². The van der Waals surface area contributed by atoms with Gasteiger partial charge >= 0.3 is 5.97 Å². The Morgan fingerprint density at radius 3 is 2.64 bits per heavy atom. The fourth-order valence-corrected chi connectivity index (χ4v) is 3.01. The van der Waals surface area contributed by atoms with Gasteiger partial charge in [0.25, 0.3) is 5.91 Å². The zero-order valence-electron chi connectivity index (χ0n) is 17.1. The van der Waals surface area contributed by atoms with Gasteiger partial charge in [0.15, 0.2) is 17.5 Å². The van der Waals surface area contributed by atoms with Crippen molar-refractivity contribution in [3.05, 3.63) is 47.5 Å². The van der Waals surface area contributed by atoms with Gasteiger partial charge in [-0.15, -0.1) is 0 Å². The van der Waals surface area contributed by atoms with E-state index in [-0.39, 0.29) is 44.6 Å². The summed E-state index contributed by atoms with van der Waals surface area (Å²) in [7, 11) is 0. The number of phenols is 1. The minimum Gasteiger partial charge on any atom is -0.504 e. The first-order chi connectivity index (χ1) is 15.2. The van der Waals surface area contributed by atoms with Crippen LogP contribution in [0, 0.1) is 6.15 Å². The second-order valence-corrected chi connectivity index (χ2v) is 6.76. The van der Waals surface area contributed by atoms with E-state index in [4.69, 9.17) is 20.9 Å². The Labute approximate surface area is 190 Å². The van der Waals surface area contributed by atoms with Crippen LogP contribution in [0.4, 0.5) is 5.69 Å². The Morgan fingerprint density at radius 2 is 1.94 bits per heavy atom. The van der Waals surface area contributed by atoms with E-state index in [1.807, 2.05) is 0 Å². The molecule has 0 spiro atoms. The summed E-state index contributed by atoms with van der Waals surface area (Å²) in [5.41, 5.74) is 11.5. The molecule has 0 fully saturated rings. The maximum Gasteiger partial charge on any atom is 0.305 e. The summed E-state index contributed by atoms with van der Waals surface area (Å²) in [6, 6.07) is 7.91. The largest absolute Gasteiger partial charge is 0.504 e. The van der Waals surface area contributed by atoms with E-state index in [0.717, 1.165) is 0 Å². The number of hydrogen-bond donors (Lipinski definition) is 6. The van der Waals surface area contributed by atoms with Crippen LogP contribution in [0.15, 0.2) is 41.4 Å².